The monoisotopic (exact) mass is 258 g/mol. The maximum atomic E-state index is 12.0. The van der Waals surface area contributed by atoms with Gasteiger partial charge in [-0.15, -0.1) is 0 Å². The van der Waals surface area contributed by atoms with E-state index in [0.29, 0.717) is 12.3 Å². The first-order valence-electron chi connectivity index (χ1n) is 7.33. The summed E-state index contributed by atoms with van der Waals surface area (Å²) in [4.78, 5) is 14.0. The molecule has 1 aromatic carbocycles. The minimum Gasteiger partial charge on any atom is -0.343 e. The molecule has 0 spiro atoms. The third kappa shape index (κ3) is 2.81. The van der Waals surface area contributed by atoms with E-state index in [-0.39, 0.29) is 5.54 Å². The van der Waals surface area contributed by atoms with Crippen LogP contribution in [0.15, 0.2) is 24.3 Å². The Morgan fingerprint density at radius 2 is 1.79 bits per heavy atom. The van der Waals surface area contributed by atoms with Gasteiger partial charge in [0.25, 0.3) is 0 Å². The Bertz CT molecular complexity index is 456. The Hall–Kier alpha value is -1.35. The molecule has 3 nitrogen and oxygen atoms in total. The van der Waals surface area contributed by atoms with Gasteiger partial charge in [-0.25, -0.2) is 0 Å². The summed E-state index contributed by atoms with van der Waals surface area (Å²) >= 11 is 0. The van der Waals surface area contributed by atoms with Gasteiger partial charge in [-0.2, -0.15) is 0 Å². The van der Waals surface area contributed by atoms with Gasteiger partial charge in [0, 0.05) is 25.0 Å². The summed E-state index contributed by atoms with van der Waals surface area (Å²) in [5.41, 5.74) is 8.59. The summed E-state index contributed by atoms with van der Waals surface area (Å²) in [7, 11) is 0. The molecule has 1 saturated carbocycles. The fourth-order valence-corrected chi connectivity index (χ4v) is 2.80. The summed E-state index contributed by atoms with van der Waals surface area (Å²) in [6.07, 6.45) is 6.00. The zero-order chi connectivity index (χ0) is 13.3. The Balaban J connectivity index is 1.53. The molecule has 0 aromatic heterocycles. The van der Waals surface area contributed by atoms with Crippen LogP contribution in [-0.4, -0.2) is 23.9 Å². The second-order valence-corrected chi connectivity index (χ2v) is 5.94. The number of nitrogens with two attached hydrogens (primary N) is 1. The van der Waals surface area contributed by atoms with Crippen molar-refractivity contribution >= 4 is 5.91 Å². The van der Waals surface area contributed by atoms with E-state index in [9.17, 15) is 4.79 Å². The molecule has 2 aliphatic rings. The van der Waals surface area contributed by atoms with Gasteiger partial charge in [0.1, 0.15) is 0 Å². The van der Waals surface area contributed by atoms with Crippen molar-refractivity contribution in [2.45, 2.75) is 44.1 Å². The van der Waals surface area contributed by atoms with Gasteiger partial charge in [-0.1, -0.05) is 24.3 Å². The van der Waals surface area contributed by atoms with E-state index in [4.69, 9.17) is 5.73 Å². The number of rotatable bonds is 4. The highest BCUT2D eigenvalue weighted by Gasteiger charge is 2.39. The maximum Gasteiger partial charge on any atom is 0.222 e. The second-order valence-electron chi connectivity index (χ2n) is 5.94. The van der Waals surface area contributed by atoms with Crippen molar-refractivity contribution in [3.8, 4) is 0 Å². The quantitative estimate of drug-likeness (QED) is 0.900. The lowest BCUT2D eigenvalue weighted by Gasteiger charge is -2.15. The third-order valence-corrected chi connectivity index (χ3v) is 4.40. The molecule has 3 rings (SSSR count). The van der Waals surface area contributed by atoms with Gasteiger partial charge >= 0.3 is 0 Å². The summed E-state index contributed by atoms with van der Waals surface area (Å²) < 4.78 is 0. The number of nitrogens with zero attached hydrogens (tertiary/aromatic N) is 1. The molecule has 0 atom stereocenters. The number of aryl methyl sites for hydroxylation is 1. The Morgan fingerprint density at radius 1 is 1.16 bits per heavy atom. The highest BCUT2D eigenvalue weighted by atomic mass is 16.2. The SMILES string of the molecule is NC1(c2ccc(CCC(=O)N3CCCC3)cc2)CC1. The van der Waals surface area contributed by atoms with Crippen molar-refractivity contribution in [3.05, 3.63) is 35.4 Å². The average Bonchev–Trinajstić information content (AvgIpc) is 2.96. The molecule has 1 amide bonds. The highest BCUT2D eigenvalue weighted by molar-refractivity contribution is 5.76. The Kier molecular flexibility index (Phi) is 3.31. The van der Waals surface area contributed by atoms with Crippen molar-refractivity contribution in [2.75, 3.05) is 13.1 Å². The fraction of sp³-hybridized carbons (Fsp3) is 0.562. The number of carbonyl (C=O) groups excluding carboxylic acids is 1. The minimum absolute atomic E-state index is 0.0517. The molecule has 3 heteroatoms. The first kappa shape index (κ1) is 12.7. The van der Waals surface area contributed by atoms with Gasteiger partial charge in [0.2, 0.25) is 5.91 Å². The van der Waals surface area contributed by atoms with Crippen LogP contribution in [0.3, 0.4) is 0 Å². The van der Waals surface area contributed by atoms with E-state index in [1.165, 1.54) is 24.0 Å². The molecular formula is C16H22N2O. The number of amides is 1. The number of likely N-dealkylation sites (tertiary alicyclic amines) is 1. The van der Waals surface area contributed by atoms with Crippen molar-refractivity contribution in [1.82, 2.24) is 4.90 Å². The summed E-state index contributed by atoms with van der Waals surface area (Å²) in [5.74, 6) is 0.305. The molecule has 0 unspecified atom stereocenters. The van der Waals surface area contributed by atoms with Gasteiger partial charge in [-0.05, 0) is 43.2 Å². The zero-order valence-electron chi connectivity index (χ0n) is 11.4. The standard InChI is InChI=1S/C16H22N2O/c17-16(9-10-16)14-6-3-13(4-7-14)5-8-15(19)18-11-1-2-12-18/h3-4,6-7H,1-2,5,8-12,17H2. The van der Waals surface area contributed by atoms with Crippen molar-refractivity contribution in [1.29, 1.82) is 0 Å². The summed E-state index contributed by atoms with van der Waals surface area (Å²) in [6, 6.07) is 8.50. The largest absolute Gasteiger partial charge is 0.343 e. The van der Waals surface area contributed by atoms with Crippen molar-refractivity contribution < 1.29 is 4.79 Å². The molecule has 1 aliphatic carbocycles. The molecule has 102 valence electrons. The first-order valence-corrected chi connectivity index (χ1v) is 7.33. The first-order chi connectivity index (χ1) is 9.17. The zero-order valence-corrected chi connectivity index (χ0v) is 11.4. The fourth-order valence-electron chi connectivity index (χ4n) is 2.80. The molecule has 0 radical (unpaired) electrons. The predicted octanol–water partition coefficient (Wildman–Crippen LogP) is 2.19. The number of benzene rings is 1. The van der Waals surface area contributed by atoms with Gasteiger partial charge in [-0.3, -0.25) is 4.79 Å². The van der Waals surface area contributed by atoms with E-state index >= 15 is 0 Å². The van der Waals surface area contributed by atoms with Gasteiger partial charge < -0.3 is 10.6 Å². The molecule has 1 heterocycles. The van der Waals surface area contributed by atoms with Crippen LogP contribution < -0.4 is 5.73 Å². The number of hydrogen-bond acceptors (Lipinski definition) is 2. The van der Waals surface area contributed by atoms with Gasteiger partial charge in [0.05, 0.1) is 0 Å². The molecule has 0 bridgehead atoms. The van der Waals surface area contributed by atoms with Crippen LogP contribution in [0.1, 0.15) is 43.2 Å². The van der Waals surface area contributed by atoms with E-state index in [1.807, 2.05) is 4.90 Å². The van der Waals surface area contributed by atoms with Crippen LogP contribution in [0, 0.1) is 0 Å². The number of hydrogen-bond donors (Lipinski definition) is 1. The highest BCUT2D eigenvalue weighted by Crippen LogP contribution is 2.42. The molecule has 1 saturated heterocycles. The van der Waals surface area contributed by atoms with Crippen molar-refractivity contribution in [2.24, 2.45) is 5.73 Å². The lowest BCUT2D eigenvalue weighted by Crippen LogP contribution is -2.27. The van der Waals surface area contributed by atoms with Crippen molar-refractivity contribution in [3.63, 3.8) is 0 Å². The summed E-state index contributed by atoms with van der Waals surface area (Å²) in [5, 5.41) is 0. The van der Waals surface area contributed by atoms with Crippen LogP contribution in [-0.2, 0) is 16.8 Å². The smallest absolute Gasteiger partial charge is 0.222 e. The minimum atomic E-state index is -0.0517. The second kappa shape index (κ2) is 4.97. The van der Waals surface area contributed by atoms with E-state index < -0.39 is 0 Å². The summed E-state index contributed by atoms with van der Waals surface area (Å²) in [6.45, 7) is 1.90. The third-order valence-electron chi connectivity index (χ3n) is 4.40. The van der Waals surface area contributed by atoms with Gasteiger partial charge in [0.15, 0.2) is 0 Å². The molecule has 2 fully saturated rings. The lowest BCUT2D eigenvalue weighted by molar-refractivity contribution is -0.130. The predicted molar refractivity (Wildman–Crippen MR) is 75.7 cm³/mol. The van der Waals surface area contributed by atoms with Crippen LogP contribution in [0.25, 0.3) is 0 Å². The van der Waals surface area contributed by atoms with Crippen LogP contribution in [0.4, 0.5) is 0 Å². The molecule has 1 aliphatic heterocycles. The van der Waals surface area contributed by atoms with Crippen LogP contribution in [0.2, 0.25) is 0 Å². The van der Waals surface area contributed by atoms with Crippen LogP contribution in [0.5, 0.6) is 0 Å². The van der Waals surface area contributed by atoms with E-state index in [0.717, 1.165) is 32.4 Å². The molecule has 19 heavy (non-hydrogen) atoms. The average molecular weight is 258 g/mol. The normalized spacial score (nSPS) is 20.6. The lowest BCUT2D eigenvalue weighted by atomic mass is 10.0. The van der Waals surface area contributed by atoms with Crippen LogP contribution >= 0.6 is 0 Å². The van der Waals surface area contributed by atoms with E-state index in [2.05, 4.69) is 24.3 Å². The molecule has 1 aromatic rings. The molecule has 2 N–H and O–H groups in total. The Labute approximate surface area is 114 Å². The molecular weight excluding hydrogens is 236 g/mol. The topological polar surface area (TPSA) is 46.3 Å². The van der Waals surface area contributed by atoms with E-state index in [1.54, 1.807) is 0 Å². The number of carbonyl (C=O) groups is 1. The maximum absolute atomic E-state index is 12.0. The Morgan fingerprint density at radius 3 is 2.37 bits per heavy atom.